The molecule has 0 heterocycles. The van der Waals surface area contributed by atoms with Crippen molar-refractivity contribution in [1.29, 1.82) is 0 Å². The molecule has 0 saturated heterocycles. The second-order valence-corrected chi connectivity index (χ2v) is 4.89. The third-order valence-electron chi connectivity index (χ3n) is 2.63. The lowest BCUT2D eigenvalue weighted by Gasteiger charge is -2.18. The van der Waals surface area contributed by atoms with Crippen LogP contribution in [0.4, 0.5) is 8.78 Å². The Hall–Kier alpha value is -1.46. The van der Waals surface area contributed by atoms with Crippen LogP contribution in [0.15, 0.2) is 46.9 Å². The first-order valence-corrected chi connectivity index (χ1v) is 6.46. The van der Waals surface area contributed by atoms with E-state index in [9.17, 15) is 8.78 Å². The zero-order valence-electron chi connectivity index (χ0n) is 9.95. The largest absolute Gasteiger partial charge is 0.484 e. The normalized spacial score (nSPS) is 12.2. The summed E-state index contributed by atoms with van der Waals surface area (Å²) in [5, 5.41) is 0. The molecular formula is C14H12BrF2NO. The maximum atomic E-state index is 13.1. The van der Waals surface area contributed by atoms with Crippen molar-refractivity contribution in [1.82, 2.24) is 0 Å². The summed E-state index contributed by atoms with van der Waals surface area (Å²) in [6.45, 7) is 0.237. The predicted octanol–water partition coefficient (Wildman–Crippen LogP) is 3.81. The van der Waals surface area contributed by atoms with Crippen molar-refractivity contribution >= 4 is 15.9 Å². The fourth-order valence-corrected chi connectivity index (χ4v) is 1.91. The number of nitrogens with two attached hydrogens (primary N) is 1. The van der Waals surface area contributed by atoms with Crippen molar-refractivity contribution in [2.45, 2.75) is 6.10 Å². The van der Waals surface area contributed by atoms with Crippen molar-refractivity contribution < 1.29 is 13.5 Å². The number of benzene rings is 2. The molecule has 0 saturated carbocycles. The summed E-state index contributed by atoms with van der Waals surface area (Å²) >= 11 is 3.34. The van der Waals surface area contributed by atoms with E-state index in [1.807, 2.05) is 24.3 Å². The van der Waals surface area contributed by atoms with Gasteiger partial charge >= 0.3 is 0 Å². The third-order valence-corrected chi connectivity index (χ3v) is 3.15. The van der Waals surface area contributed by atoms with Crippen LogP contribution in [-0.2, 0) is 0 Å². The maximum Gasteiger partial charge on any atom is 0.162 e. The molecule has 1 unspecified atom stereocenters. The standard InChI is InChI=1S/C14H12BrF2NO/c15-10-3-1-9(2-4-10)14(8-18)19-11-5-6-12(16)13(17)7-11/h1-7,14H,8,18H2. The van der Waals surface area contributed by atoms with Crippen LogP contribution in [0.2, 0.25) is 0 Å². The van der Waals surface area contributed by atoms with Crippen molar-refractivity contribution in [2.24, 2.45) is 5.73 Å². The number of rotatable bonds is 4. The van der Waals surface area contributed by atoms with E-state index < -0.39 is 17.7 Å². The minimum Gasteiger partial charge on any atom is -0.484 e. The Balaban J connectivity index is 2.18. The Morgan fingerprint density at radius 2 is 1.74 bits per heavy atom. The van der Waals surface area contributed by atoms with Gasteiger partial charge in [-0.15, -0.1) is 0 Å². The van der Waals surface area contributed by atoms with E-state index in [4.69, 9.17) is 10.5 Å². The summed E-state index contributed by atoms with van der Waals surface area (Å²) in [5.41, 5.74) is 6.52. The summed E-state index contributed by atoms with van der Waals surface area (Å²) in [4.78, 5) is 0. The van der Waals surface area contributed by atoms with E-state index in [1.54, 1.807) is 0 Å². The van der Waals surface area contributed by atoms with Crippen LogP contribution in [0.1, 0.15) is 11.7 Å². The minimum absolute atomic E-state index is 0.237. The Bertz CT molecular complexity index is 560. The average molecular weight is 328 g/mol. The lowest BCUT2D eigenvalue weighted by molar-refractivity contribution is 0.213. The van der Waals surface area contributed by atoms with E-state index in [0.717, 1.165) is 22.2 Å². The Labute approximate surface area is 118 Å². The zero-order valence-corrected chi connectivity index (χ0v) is 11.5. The number of hydrogen-bond acceptors (Lipinski definition) is 2. The molecule has 0 bridgehead atoms. The number of halogens is 3. The molecule has 0 amide bonds. The zero-order chi connectivity index (χ0) is 13.8. The third kappa shape index (κ3) is 3.52. The molecule has 0 aromatic heterocycles. The van der Waals surface area contributed by atoms with Gasteiger partial charge in [-0.2, -0.15) is 0 Å². The van der Waals surface area contributed by atoms with Gasteiger partial charge < -0.3 is 10.5 Å². The molecule has 1 atom stereocenters. The van der Waals surface area contributed by atoms with E-state index >= 15 is 0 Å². The molecule has 2 rings (SSSR count). The van der Waals surface area contributed by atoms with Crippen LogP contribution in [0.3, 0.4) is 0 Å². The van der Waals surface area contributed by atoms with Crippen LogP contribution in [0, 0.1) is 11.6 Å². The van der Waals surface area contributed by atoms with Gasteiger partial charge in [0, 0.05) is 17.1 Å². The molecule has 2 aromatic rings. The smallest absolute Gasteiger partial charge is 0.162 e. The predicted molar refractivity (Wildman–Crippen MR) is 72.9 cm³/mol. The first-order chi connectivity index (χ1) is 9.10. The van der Waals surface area contributed by atoms with Crippen molar-refractivity contribution in [3.63, 3.8) is 0 Å². The summed E-state index contributed by atoms with van der Waals surface area (Å²) in [5.74, 6) is -1.60. The van der Waals surface area contributed by atoms with Gasteiger partial charge in [-0.25, -0.2) is 8.78 Å². The van der Waals surface area contributed by atoms with Gasteiger partial charge in [-0.1, -0.05) is 28.1 Å². The van der Waals surface area contributed by atoms with Crippen LogP contribution in [0.25, 0.3) is 0 Å². The SMILES string of the molecule is NCC(Oc1ccc(F)c(F)c1)c1ccc(Br)cc1. The quantitative estimate of drug-likeness (QED) is 0.926. The summed E-state index contributed by atoms with van der Waals surface area (Å²) in [7, 11) is 0. The van der Waals surface area contributed by atoms with E-state index in [2.05, 4.69) is 15.9 Å². The molecule has 5 heteroatoms. The van der Waals surface area contributed by atoms with Gasteiger partial charge in [0.25, 0.3) is 0 Å². The highest BCUT2D eigenvalue weighted by Crippen LogP contribution is 2.24. The number of ether oxygens (including phenoxy) is 1. The lowest BCUT2D eigenvalue weighted by Crippen LogP contribution is -2.18. The first kappa shape index (κ1) is 14.0. The molecule has 2 N–H and O–H groups in total. The molecule has 100 valence electrons. The van der Waals surface area contributed by atoms with E-state index in [1.165, 1.54) is 6.07 Å². The average Bonchev–Trinajstić information content (AvgIpc) is 2.41. The van der Waals surface area contributed by atoms with E-state index in [-0.39, 0.29) is 12.3 Å². The molecule has 0 radical (unpaired) electrons. The highest BCUT2D eigenvalue weighted by Gasteiger charge is 2.12. The maximum absolute atomic E-state index is 13.1. The van der Waals surface area contributed by atoms with Gasteiger partial charge in [0.2, 0.25) is 0 Å². The van der Waals surface area contributed by atoms with Gasteiger partial charge in [0.05, 0.1) is 0 Å². The van der Waals surface area contributed by atoms with Gasteiger partial charge in [-0.05, 0) is 29.8 Å². The molecule has 0 aliphatic rings. The molecule has 19 heavy (non-hydrogen) atoms. The van der Waals surface area contributed by atoms with Crippen LogP contribution in [0.5, 0.6) is 5.75 Å². The van der Waals surface area contributed by atoms with Crippen LogP contribution < -0.4 is 10.5 Å². The summed E-state index contributed by atoms with van der Waals surface area (Å²) in [6, 6.07) is 10.9. The fourth-order valence-electron chi connectivity index (χ4n) is 1.64. The van der Waals surface area contributed by atoms with Crippen molar-refractivity contribution in [2.75, 3.05) is 6.54 Å². The lowest BCUT2D eigenvalue weighted by atomic mass is 10.1. The second-order valence-electron chi connectivity index (χ2n) is 3.97. The Morgan fingerprint density at radius 1 is 1.05 bits per heavy atom. The number of hydrogen-bond donors (Lipinski definition) is 1. The van der Waals surface area contributed by atoms with Crippen molar-refractivity contribution in [3.8, 4) is 5.75 Å². The monoisotopic (exact) mass is 327 g/mol. The Kier molecular flexibility index (Phi) is 4.50. The topological polar surface area (TPSA) is 35.2 Å². The van der Waals surface area contributed by atoms with Crippen LogP contribution >= 0.6 is 15.9 Å². The molecule has 2 nitrogen and oxygen atoms in total. The van der Waals surface area contributed by atoms with E-state index in [0.29, 0.717) is 0 Å². The summed E-state index contributed by atoms with van der Waals surface area (Å²) < 4.78 is 32.4. The summed E-state index contributed by atoms with van der Waals surface area (Å²) in [6.07, 6.45) is -0.405. The van der Waals surface area contributed by atoms with Gasteiger partial charge in [0.15, 0.2) is 11.6 Å². The molecule has 2 aromatic carbocycles. The fraction of sp³-hybridized carbons (Fsp3) is 0.143. The van der Waals surface area contributed by atoms with Crippen LogP contribution in [-0.4, -0.2) is 6.54 Å². The minimum atomic E-state index is -0.941. The first-order valence-electron chi connectivity index (χ1n) is 5.67. The van der Waals surface area contributed by atoms with Gasteiger partial charge in [-0.3, -0.25) is 0 Å². The second kappa shape index (κ2) is 6.12. The highest BCUT2D eigenvalue weighted by atomic mass is 79.9. The van der Waals surface area contributed by atoms with Gasteiger partial charge in [0.1, 0.15) is 11.9 Å². The molecule has 0 spiro atoms. The Morgan fingerprint density at radius 3 is 2.32 bits per heavy atom. The van der Waals surface area contributed by atoms with Crippen molar-refractivity contribution in [3.05, 3.63) is 64.1 Å². The molecule has 0 aliphatic carbocycles. The molecular weight excluding hydrogens is 316 g/mol. The molecule has 0 fully saturated rings. The molecule has 0 aliphatic heterocycles. The highest BCUT2D eigenvalue weighted by molar-refractivity contribution is 9.10.